The average molecular weight is 490 g/mol. The van der Waals surface area contributed by atoms with Crippen LogP contribution in [-0.4, -0.2) is 49.7 Å². The van der Waals surface area contributed by atoms with Crippen LogP contribution in [0.25, 0.3) is 0 Å². The third-order valence-corrected chi connectivity index (χ3v) is 10.1. The van der Waals surface area contributed by atoms with Gasteiger partial charge in [0.1, 0.15) is 4.21 Å². The summed E-state index contributed by atoms with van der Waals surface area (Å²) in [5.74, 6) is 0.653. The quantitative estimate of drug-likeness (QED) is 0.608. The van der Waals surface area contributed by atoms with Crippen molar-refractivity contribution < 1.29 is 13.2 Å². The maximum atomic E-state index is 12.9. The Hall–Kier alpha value is -1.74. The molecule has 0 saturated carbocycles. The van der Waals surface area contributed by atoms with Crippen LogP contribution in [0.4, 0.5) is 0 Å². The van der Waals surface area contributed by atoms with E-state index in [9.17, 15) is 13.2 Å². The number of amides is 1. The Morgan fingerprint density at radius 1 is 1.03 bits per heavy atom. The smallest absolute Gasteiger partial charge is 0.252 e. The number of carbonyl (C=O) groups is 1. The van der Waals surface area contributed by atoms with Gasteiger partial charge >= 0.3 is 0 Å². The lowest BCUT2D eigenvalue weighted by Gasteiger charge is -2.31. The highest BCUT2D eigenvalue weighted by molar-refractivity contribution is 7.91. The molecular weight excluding hydrogens is 454 g/mol. The van der Waals surface area contributed by atoms with E-state index in [2.05, 4.69) is 35.3 Å². The van der Waals surface area contributed by atoms with Gasteiger partial charge in [-0.25, -0.2) is 8.42 Å². The molecule has 2 aromatic rings. The zero-order chi connectivity index (χ0) is 23.3. The van der Waals surface area contributed by atoms with Gasteiger partial charge in [-0.1, -0.05) is 37.6 Å². The van der Waals surface area contributed by atoms with E-state index in [1.807, 2.05) is 6.07 Å². The highest BCUT2D eigenvalue weighted by Crippen LogP contribution is 2.27. The number of hydrogen-bond donors (Lipinski definition) is 1. The summed E-state index contributed by atoms with van der Waals surface area (Å²) in [7, 11) is -3.44. The first-order valence-corrected chi connectivity index (χ1v) is 14.3. The fourth-order valence-corrected chi connectivity index (χ4v) is 7.82. The number of nitrogens with zero attached hydrogens (tertiary/aromatic N) is 2. The van der Waals surface area contributed by atoms with Crippen LogP contribution in [0.5, 0.6) is 0 Å². The summed E-state index contributed by atoms with van der Waals surface area (Å²) in [5.41, 5.74) is 2.40. The van der Waals surface area contributed by atoms with Gasteiger partial charge in [-0.05, 0) is 61.4 Å². The number of nitrogens with one attached hydrogen (secondary N) is 1. The Morgan fingerprint density at radius 2 is 1.79 bits per heavy atom. The summed E-state index contributed by atoms with van der Waals surface area (Å²) < 4.78 is 27.6. The SMILES string of the molecule is CC1CCCN(Cc2ccccc2CNC(=O)Cc2ccc(S(=O)(=O)N3CCCCC3)s2)C1. The molecule has 0 bridgehead atoms. The Balaban J connectivity index is 1.32. The Labute approximate surface area is 202 Å². The van der Waals surface area contributed by atoms with Crippen LogP contribution in [0.1, 0.15) is 55.0 Å². The van der Waals surface area contributed by atoms with Gasteiger partial charge in [0.2, 0.25) is 5.91 Å². The maximum absolute atomic E-state index is 12.9. The number of thiophene rings is 1. The monoisotopic (exact) mass is 489 g/mol. The van der Waals surface area contributed by atoms with Gasteiger partial charge in [-0.3, -0.25) is 9.69 Å². The standard InChI is InChI=1S/C25H35N3O3S2/c1-20-8-7-13-27(18-20)19-22-10-4-3-9-21(22)17-26-24(29)16-23-11-12-25(32-23)33(30,31)28-14-5-2-6-15-28/h3-4,9-12,20H,2,5-8,13-19H2,1H3,(H,26,29). The predicted octanol–water partition coefficient (Wildman–Crippen LogP) is 4.01. The number of rotatable bonds is 8. The molecule has 1 N–H and O–H groups in total. The second kappa shape index (κ2) is 11.1. The number of carbonyl (C=O) groups excluding carboxylic acids is 1. The molecule has 180 valence electrons. The molecule has 1 atom stereocenters. The van der Waals surface area contributed by atoms with Crippen LogP contribution in [0.2, 0.25) is 0 Å². The molecule has 8 heteroatoms. The molecule has 0 aliphatic carbocycles. The van der Waals surface area contributed by atoms with Crippen molar-refractivity contribution in [2.75, 3.05) is 26.2 Å². The number of hydrogen-bond acceptors (Lipinski definition) is 5. The van der Waals surface area contributed by atoms with E-state index in [0.29, 0.717) is 23.8 Å². The minimum atomic E-state index is -3.44. The maximum Gasteiger partial charge on any atom is 0.252 e. The van der Waals surface area contributed by atoms with E-state index in [4.69, 9.17) is 0 Å². The lowest BCUT2D eigenvalue weighted by molar-refractivity contribution is -0.120. The molecule has 2 saturated heterocycles. The first-order valence-electron chi connectivity index (χ1n) is 12.1. The third-order valence-electron chi connectivity index (χ3n) is 6.61. The molecule has 0 spiro atoms. The van der Waals surface area contributed by atoms with Crippen molar-refractivity contribution in [1.29, 1.82) is 0 Å². The van der Waals surface area contributed by atoms with Crippen molar-refractivity contribution in [3.8, 4) is 0 Å². The molecule has 2 aliphatic heterocycles. The molecule has 4 rings (SSSR count). The van der Waals surface area contributed by atoms with Crippen LogP contribution < -0.4 is 5.32 Å². The lowest BCUT2D eigenvalue weighted by atomic mass is 9.99. The first-order chi connectivity index (χ1) is 15.9. The molecule has 3 heterocycles. The van der Waals surface area contributed by atoms with E-state index in [1.165, 1.54) is 29.7 Å². The minimum absolute atomic E-state index is 0.0832. The second-order valence-corrected chi connectivity index (χ2v) is 12.7. The molecular formula is C25H35N3O3S2. The van der Waals surface area contributed by atoms with E-state index in [1.54, 1.807) is 16.4 Å². The second-order valence-electron chi connectivity index (χ2n) is 9.39. The molecule has 1 aromatic heterocycles. The fraction of sp³-hybridized carbons (Fsp3) is 0.560. The van der Waals surface area contributed by atoms with Crippen LogP contribution in [0, 0.1) is 5.92 Å². The Kier molecular flexibility index (Phi) is 8.22. The third kappa shape index (κ3) is 6.44. The molecule has 1 aromatic carbocycles. The van der Waals surface area contributed by atoms with Crippen LogP contribution in [-0.2, 0) is 34.3 Å². The average Bonchev–Trinajstić information content (AvgIpc) is 3.28. The molecule has 2 aliphatic rings. The summed E-state index contributed by atoms with van der Waals surface area (Å²) in [6.45, 7) is 7.15. The van der Waals surface area contributed by atoms with Crippen molar-refractivity contribution in [3.63, 3.8) is 0 Å². The first kappa shape index (κ1) is 24.4. The summed E-state index contributed by atoms with van der Waals surface area (Å²) in [6, 6.07) is 11.7. The summed E-state index contributed by atoms with van der Waals surface area (Å²) in [5, 5.41) is 3.03. The lowest BCUT2D eigenvalue weighted by Crippen LogP contribution is -2.35. The van der Waals surface area contributed by atoms with Crippen LogP contribution in [0.15, 0.2) is 40.6 Å². The number of likely N-dealkylation sites (tertiary alicyclic amines) is 1. The molecule has 2 fully saturated rings. The van der Waals surface area contributed by atoms with Crippen molar-refractivity contribution in [2.24, 2.45) is 5.92 Å². The van der Waals surface area contributed by atoms with Crippen molar-refractivity contribution in [1.82, 2.24) is 14.5 Å². The highest BCUT2D eigenvalue weighted by atomic mass is 32.2. The normalized spacial score (nSPS) is 20.6. The zero-order valence-corrected chi connectivity index (χ0v) is 21.1. The zero-order valence-electron chi connectivity index (χ0n) is 19.5. The molecule has 33 heavy (non-hydrogen) atoms. The van der Waals surface area contributed by atoms with Gasteiger partial charge in [0, 0.05) is 37.6 Å². The van der Waals surface area contributed by atoms with E-state index < -0.39 is 10.0 Å². The van der Waals surface area contributed by atoms with Gasteiger partial charge in [-0.15, -0.1) is 11.3 Å². The number of sulfonamides is 1. The predicted molar refractivity (Wildman–Crippen MR) is 133 cm³/mol. The van der Waals surface area contributed by atoms with E-state index in [0.717, 1.165) is 55.3 Å². The van der Waals surface area contributed by atoms with Crippen LogP contribution >= 0.6 is 11.3 Å². The topological polar surface area (TPSA) is 69.7 Å². The highest BCUT2D eigenvalue weighted by Gasteiger charge is 2.27. The van der Waals surface area contributed by atoms with Gasteiger partial charge in [0.15, 0.2) is 0 Å². The van der Waals surface area contributed by atoms with Gasteiger partial charge in [0.05, 0.1) is 6.42 Å². The summed E-state index contributed by atoms with van der Waals surface area (Å²) >= 11 is 1.21. The van der Waals surface area contributed by atoms with Crippen molar-refractivity contribution in [3.05, 3.63) is 52.4 Å². The van der Waals surface area contributed by atoms with E-state index >= 15 is 0 Å². The molecule has 1 unspecified atom stereocenters. The molecule has 0 radical (unpaired) electrons. The largest absolute Gasteiger partial charge is 0.352 e. The van der Waals surface area contributed by atoms with Gasteiger partial charge < -0.3 is 5.32 Å². The number of piperidine rings is 2. The molecule has 6 nitrogen and oxygen atoms in total. The summed E-state index contributed by atoms with van der Waals surface area (Å²) in [4.78, 5) is 15.9. The van der Waals surface area contributed by atoms with Crippen molar-refractivity contribution in [2.45, 2.75) is 62.7 Å². The number of benzene rings is 1. The Bertz CT molecular complexity index is 1040. The Morgan fingerprint density at radius 3 is 2.55 bits per heavy atom. The van der Waals surface area contributed by atoms with Gasteiger partial charge in [0.25, 0.3) is 10.0 Å². The molecule has 1 amide bonds. The van der Waals surface area contributed by atoms with Gasteiger partial charge in [-0.2, -0.15) is 4.31 Å². The van der Waals surface area contributed by atoms with E-state index in [-0.39, 0.29) is 12.3 Å². The minimum Gasteiger partial charge on any atom is -0.352 e. The summed E-state index contributed by atoms with van der Waals surface area (Å²) in [6.07, 6.45) is 5.67. The fourth-order valence-electron chi connectivity index (χ4n) is 4.79. The van der Waals surface area contributed by atoms with Crippen molar-refractivity contribution >= 4 is 27.3 Å². The van der Waals surface area contributed by atoms with Crippen LogP contribution in [0.3, 0.4) is 0 Å².